The van der Waals surface area contributed by atoms with Crippen LogP contribution in [0.15, 0.2) is 29.8 Å². The SMILES string of the molecule is OCCN1CCCC1c1cccc(Nc2nccs2)n1. The van der Waals surface area contributed by atoms with Crippen LogP contribution in [0.4, 0.5) is 10.9 Å². The van der Waals surface area contributed by atoms with Crippen LogP contribution in [0.3, 0.4) is 0 Å². The van der Waals surface area contributed by atoms with Gasteiger partial charge in [0.25, 0.3) is 0 Å². The van der Waals surface area contributed by atoms with Gasteiger partial charge in [0.1, 0.15) is 5.82 Å². The molecule has 20 heavy (non-hydrogen) atoms. The molecule has 1 fully saturated rings. The Labute approximate surface area is 122 Å². The number of nitrogens with one attached hydrogen (secondary N) is 1. The van der Waals surface area contributed by atoms with Crippen molar-refractivity contribution in [2.75, 3.05) is 25.0 Å². The predicted octanol–water partition coefficient (Wildman–Crippen LogP) is 2.41. The number of anilines is 2. The number of nitrogens with zero attached hydrogens (tertiary/aromatic N) is 3. The molecule has 0 radical (unpaired) electrons. The third-order valence-electron chi connectivity index (χ3n) is 3.53. The molecule has 1 atom stereocenters. The second-order valence-electron chi connectivity index (χ2n) is 4.83. The molecule has 2 aromatic heterocycles. The van der Waals surface area contributed by atoms with Crippen LogP contribution < -0.4 is 5.32 Å². The number of thiazole rings is 1. The van der Waals surface area contributed by atoms with Crippen molar-refractivity contribution in [2.24, 2.45) is 0 Å². The fourth-order valence-corrected chi connectivity index (χ4v) is 3.19. The molecule has 0 spiro atoms. The minimum absolute atomic E-state index is 0.202. The van der Waals surface area contributed by atoms with Gasteiger partial charge in [-0.3, -0.25) is 4.90 Å². The fraction of sp³-hybridized carbons (Fsp3) is 0.429. The van der Waals surface area contributed by atoms with Gasteiger partial charge in [-0.1, -0.05) is 6.07 Å². The number of aliphatic hydroxyl groups is 1. The molecule has 0 bridgehead atoms. The van der Waals surface area contributed by atoms with E-state index in [9.17, 15) is 0 Å². The molecular formula is C14H18N4OS. The first-order valence-corrected chi connectivity index (χ1v) is 7.73. The zero-order valence-corrected chi connectivity index (χ0v) is 12.0. The number of β-amino-alcohol motifs (C(OH)–C–C–N with tert-alkyl or cyclic N) is 1. The molecule has 1 unspecified atom stereocenters. The normalized spacial score (nSPS) is 19.4. The maximum absolute atomic E-state index is 9.14. The van der Waals surface area contributed by atoms with Gasteiger partial charge < -0.3 is 10.4 Å². The highest BCUT2D eigenvalue weighted by atomic mass is 32.1. The van der Waals surface area contributed by atoms with Gasteiger partial charge in [0, 0.05) is 18.1 Å². The third kappa shape index (κ3) is 2.98. The molecule has 5 nitrogen and oxygen atoms in total. The van der Waals surface area contributed by atoms with Crippen molar-refractivity contribution in [3.8, 4) is 0 Å². The minimum atomic E-state index is 0.202. The summed E-state index contributed by atoms with van der Waals surface area (Å²) < 4.78 is 0. The summed E-state index contributed by atoms with van der Waals surface area (Å²) in [4.78, 5) is 11.2. The molecule has 2 N–H and O–H groups in total. The summed E-state index contributed by atoms with van der Waals surface area (Å²) in [6.45, 7) is 1.96. The second-order valence-corrected chi connectivity index (χ2v) is 5.72. The van der Waals surface area contributed by atoms with Crippen LogP contribution in [0.1, 0.15) is 24.6 Å². The number of hydrogen-bond acceptors (Lipinski definition) is 6. The second kappa shape index (κ2) is 6.30. The van der Waals surface area contributed by atoms with Crippen molar-refractivity contribution < 1.29 is 5.11 Å². The molecule has 1 saturated heterocycles. The van der Waals surface area contributed by atoms with E-state index in [1.54, 1.807) is 17.5 Å². The van der Waals surface area contributed by atoms with Gasteiger partial charge in [0.15, 0.2) is 5.13 Å². The summed E-state index contributed by atoms with van der Waals surface area (Å²) in [7, 11) is 0. The number of likely N-dealkylation sites (tertiary alicyclic amines) is 1. The smallest absolute Gasteiger partial charge is 0.188 e. The van der Waals surface area contributed by atoms with E-state index in [2.05, 4.69) is 21.3 Å². The average molecular weight is 290 g/mol. The highest BCUT2D eigenvalue weighted by Crippen LogP contribution is 2.31. The van der Waals surface area contributed by atoms with Gasteiger partial charge in [0.2, 0.25) is 0 Å². The van der Waals surface area contributed by atoms with Gasteiger partial charge >= 0.3 is 0 Å². The maximum atomic E-state index is 9.14. The van der Waals surface area contributed by atoms with Crippen molar-refractivity contribution in [3.05, 3.63) is 35.5 Å². The largest absolute Gasteiger partial charge is 0.395 e. The van der Waals surface area contributed by atoms with E-state index in [4.69, 9.17) is 10.1 Å². The molecule has 106 valence electrons. The molecule has 0 aliphatic carbocycles. The first kappa shape index (κ1) is 13.5. The lowest BCUT2D eigenvalue weighted by molar-refractivity contribution is 0.184. The highest BCUT2D eigenvalue weighted by Gasteiger charge is 2.26. The van der Waals surface area contributed by atoms with Crippen molar-refractivity contribution in [3.63, 3.8) is 0 Å². The Kier molecular flexibility index (Phi) is 4.25. The zero-order chi connectivity index (χ0) is 13.8. The summed E-state index contributed by atoms with van der Waals surface area (Å²) in [6.07, 6.45) is 4.04. The first-order chi connectivity index (χ1) is 9.86. The fourth-order valence-electron chi connectivity index (χ4n) is 2.66. The average Bonchev–Trinajstić information content (AvgIpc) is 3.11. The molecule has 3 heterocycles. The lowest BCUT2D eigenvalue weighted by atomic mass is 10.1. The van der Waals surface area contributed by atoms with Gasteiger partial charge in [-0.05, 0) is 31.5 Å². The Bertz CT molecular complexity index is 546. The Morgan fingerprint density at radius 2 is 2.40 bits per heavy atom. The van der Waals surface area contributed by atoms with E-state index in [1.807, 2.05) is 17.5 Å². The van der Waals surface area contributed by atoms with Crippen molar-refractivity contribution in [1.82, 2.24) is 14.9 Å². The molecule has 1 aliphatic rings. The molecule has 0 aromatic carbocycles. The van der Waals surface area contributed by atoms with E-state index in [-0.39, 0.29) is 6.61 Å². The van der Waals surface area contributed by atoms with Crippen molar-refractivity contribution in [1.29, 1.82) is 0 Å². The predicted molar refractivity (Wildman–Crippen MR) is 80.3 cm³/mol. The van der Waals surface area contributed by atoms with Gasteiger partial charge in [-0.2, -0.15) is 0 Å². The third-order valence-corrected chi connectivity index (χ3v) is 4.22. The van der Waals surface area contributed by atoms with Crippen LogP contribution in [0.5, 0.6) is 0 Å². The number of hydrogen-bond donors (Lipinski definition) is 2. The van der Waals surface area contributed by atoms with E-state index in [1.165, 1.54) is 0 Å². The maximum Gasteiger partial charge on any atom is 0.188 e. The van der Waals surface area contributed by atoms with Crippen LogP contribution in [0.2, 0.25) is 0 Å². The van der Waals surface area contributed by atoms with Crippen molar-refractivity contribution >= 4 is 22.3 Å². The summed E-state index contributed by atoms with van der Waals surface area (Å²) in [5, 5.41) is 15.2. The Morgan fingerprint density at radius 3 is 3.20 bits per heavy atom. The van der Waals surface area contributed by atoms with Crippen LogP contribution >= 0.6 is 11.3 Å². The van der Waals surface area contributed by atoms with E-state index in [0.29, 0.717) is 6.04 Å². The van der Waals surface area contributed by atoms with E-state index >= 15 is 0 Å². The number of pyridine rings is 1. The minimum Gasteiger partial charge on any atom is -0.395 e. The molecule has 3 rings (SSSR count). The molecule has 0 saturated carbocycles. The van der Waals surface area contributed by atoms with Gasteiger partial charge in [0.05, 0.1) is 18.3 Å². The standard InChI is InChI=1S/C14H18N4OS/c19-9-8-18-7-2-4-12(18)11-3-1-5-13(16-11)17-14-15-6-10-20-14/h1,3,5-6,10,12,19H,2,4,7-9H2,(H,15,16,17). The molecular weight excluding hydrogens is 272 g/mol. The summed E-state index contributed by atoms with van der Waals surface area (Å²) in [6, 6.07) is 6.36. The monoisotopic (exact) mass is 290 g/mol. The molecule has 0 amide bonds. The Morgan fingerprint density at radius 1 is 1.45 bits per heavy atom. The molecule has 2 aromatic rings. The lowest BCUT2D eigenvalue weighted by Gasteiger charge is -2.23. The van der Waals surface area contributed by atoms with Crippen LogP contribution in [-0.2, 0) is 0 Å². The van der Waals surface area contributed by atoms with Crippen LogP contribution in [0.25, 0.3) is 0 Å². The summed E-state index contributed by atoms with van der Waals surface area (Å²) in [5.41, 5.74) is 1.07. The van der Waals surface area contributed by atoms with Gasteiger partial charge in [-0.15, -0.1) is 11.3 Å². The Hall–Kier alpha value is -1.50. The topological polar surface area (TPSA) is 61.3 Å². The summed E-state index contributed by atoms with van der Waals surface area (Å²) in [5.74, 6) is 0.827. The van der Waals surface area contributed by atoms with Gasteiger partial charge in [-0.25, -0.2) is 9.97 Å². The van der Waals surface area contributed by atoms with E-state index < -0.39 is 0 Å². The quantitative estimate of drug-likeness (QED) is 0.885. The van der Waals surface area contributed by atoms with E-state index in [0.717, 1.165) is 42.6 Å². The van der Waals surface area contributed by atoms with Crippen molar-refractivity contribution in [2.45, 2.75) is 18.9 Å². The number of aromatic nitrogens is 2. The Balaban J connectivity index is 1.76. The number of aliphatic hydroxyl groups excluding tert-OH is 1. The molecule has 1 aliphatic heterocycles. The lowest BCUT2D eigenvalue weighted by Crippen LogP contribution is -2.27. The highest BCUT2D eigenvalue weighted by molar-refractivity contribution is 7.13. The number of rotatable bonds is 5. The molecule has 6 heteroatoms. The van der Waals surface area contributed by atoms with Crippen LogP contribution in [0, 0.1) is 0 Å². The summed E-state index contributed by atoms with van der Waals surface area (Å²) >= 11 is 1.56. The van der Waals surface area contributed by atoms with Crippen LogP contribution in [-0.4, -0.2) is 39.7 Å². The zero-order valence-electron chi connectivity index (χ0n) is 11.2. The first-order valence-electron chi connectivity index (χ1n) is 6.85.